The van der Waals surface area contributed by atoms with Crippen LogP contribution in [0.3, 0.4) is 0 Å². The molecule has 0 nitrogen and oxygen atoms in total. The lowest BCUT2D eigenvalue weighted by Crippen LogP contribution is -2.18. The molecule has 0 amide bonds. The van der Waals surface area contributed by atoms with Gasteiger partial charge >= 0.3 is 0 Å². The van der Waals surface area contributed by atoms with Crippen LogP contribution in [-0.4, -0.2) is 0 Å². The van der Waals surface area contributed by atoms with Crippen molar-refractivity contribution >= 4 is 44.8 Å². The molecule has 10 aromatic rings. The molecule has 0 bridgehead atoms. The van der Waals surface area contributed by atoms with Crippen molar-refractivity contribution in [2.75, 3.05) is 0 Å². The Kier molecular flexibility index (Phi) is 10.8. The van der Waals surface area contributed by atoms with Crippen LogP contribution in [-0.2, 0) is 5.41 Å². The lowest BCUT2D eigenvalue weighted by molar-refractivity contribution is 0.642. The third-order valence-corrected chi connectivity index (χ3v) is 12.6. The largest absolute Gasteiger partial charge is 0.0622 e. The molecule has 0 unspecified atom stereocenters. The van der Waals surface area contributed by atoms with Crippen LogP contribution in [0, 0.1) is 0 Å². The third kappa shape index (κ3) is 7.96. The van der Waals surface area contributed by atoms with Gasteiger partial charge in [0.1, 0.15) is 0 Å². The van der Waals surface area contributed by atoms with Gasteiger partial charge in [-0.2, -0.15) is 0 Å². The summed E-state index contributed by atoms with van der Waals surface area (Å²) in [6, 6.07) is 88.1. The van der Waals surface area contributed by atoms with Crippen LogP contribution in [0.1, 0.15) is 58.4 Å². The zero-order valence-electron chi connectivity index (χ0n) is 35.7. The zero-order valence-corrected chi connectivity index (χ0v) is 35.7. The summed E-state index contributed by atoms with van der Waals surface area (Å²) in [5.41, 5.74) is 16.8. The Morgan fingerprint density at radius 2 is 0.635 bits per heavy atom. The van der Waals surface area contributed by atoms with Gasteiger partial charge in [-0.1, -0.05) is 250 Å². The lowest BCUT2D eigenvalue weighted by Gasteiger charge is -2.27. The van der Waals surface area contributed by atoms with Gasteiger partial charge in [-0.15, -0.1) is 0 Å². The average Bonchev–Trinajstić information content (AvgIpc) is 3.36. The van der Waals surface area contributed by atoms with E-state index in [9.17, 15) is 0 Å². The fourth-order valence-electron chi connectivity index (χ4n) is 9.17. The van der Waals surface area contributed by atoms with Crippen LogP contribution in [0.2, 0.25) is 0 Å². The number of hydrogen-bond donors (Lipinski definition) is 0. The summed E-state index contributed by atoms with van der Waals surface area (Å²) in [5, 5.41) is 4.98. The summed E-state index contributed by atoms with van der Waals surface area (Å²) in [4.78, 5) is 0. The van der Waals surface area contributed by atoms with Gasteiger partial charge < -0.3 is 0 Å². The van der Waals surface area contributed by atoms with Crippen molar-refractivity contribution < 1.29 is 0 Å². The summed E-state index contributed by atoms with van der Waals surface area (Å²) in [6.07, 6.45) is 4.63. The van der Waals surface area contributed by atoms with Gasteiger partial charge in [0.25, 0.3) is 0 Å². The van der Waals surface area contributed by atoms with Gasteiger partial charge in [0.2, 0.25) is 0 Å². The number of benzene rings is 10. The molecule has 10 rings (SSSR count). The topological polar surface area (TPSA) is 0 Å². The van der Waals surface area contributed by atoms with Gasteiger partial charge in [0.15, 0.2) is 0 Å². The molecule has 0 heteroatoms. The highest BCUT2D eigenvalue weighted by Crippen LogP contribution is 2.46. The van der Waals surface area contributed by atoms with Crippen molar-refractivity contribution in [3.05, 3.63) is 287 Å². The predicted octanol–water partition coefficient (Wildman–Crippen LogP) is 16.8. The minimum atomic E-state index is -0.207. The average molecular weight is 805 g/mol. The molecule has 0 saturated heterocycles. The van der Waals surface area contributed by atoms with Crippen LogP contribution >= 0.6 is 0 Å². The molecule has 300 valence electrons. The number of fused-ring (bicyclic) bond motifs is 2. The predicted molar refractivity (Wildman–Crippen MR) is 271 cm³/mol. The van der Waals surface area contributed by atoms with Crippen molar-refractivity contribution in [2.24, 2.45) is 0 Å². The Balaban J connectivity index is 1.14. The molecule has 63 heavy (non-hydrogen) atoms. The molecule has 0 spiro atoms. The van der Waals surface area contributed by atoms with E-state index in [-0.39, 0.29) is 5.41 Å². The zero-order chi connectivity index (χ0) is 42.6. The third-order valence-electron chi connectivity index (χ3n) is 12.6. The van der Waals surface area contributed by atoms with Crippen LogP contribution in [0.5, 0.6) is 0 Å². The van der Waals surface area contributed by atoms with E-state index >= 15 is 0 Å². The standard InChI is InChI=1S/C63H48/c1-63(2,53-28-16-7-17-29-53)54-40-41-57-60(44-54)62(52-38-34-46(35-39-52)43-59(49-24-12-5-13-25-49)50-26-14-6-15-27-50)56-31-19-18-30-55(56)61(57)51-36-32-45(33-37-51)42-58(47-20-8-3-9-21-47)48-22-10-4-11-23-48/h3-44H,1-2H3. The first-order valence-corrected chi connectivity index (χ1v) is 21.9. The van der Waals surface area contributed by atoms with Crippen molar-refractivity contribution in [1.82, 2.24) is 0 Å². The van der Waals surface area contributed by atoms with Crippen LogP contribution < -0.4 is 0 Å². The van der Waals surface area contributed by atoms with E-state index < -0.39 is 0 Å². The second-order valence-corrected chi connectivity index (χ2v) is 16.9. The van der Waals surface area contributed by atoms with Gasteiger partial charge in [0.05, 0.1) is 0 Å². The highest BCUT2D eigenvalue weighted by Gasteiger charge is 2.25. The molecule has 0 atom stereocenters. The summed E-state index contributed by atoms with van der Waals surface area (Å²) < 4.78 is 0. The van der Waals surface area contributed by atoms with Crippen LogP contribution in [0.15, 0.2) is 243 Å². The maximum atomic E-state index is 2.47. The van der Waals surface area contributed by atoms with E-state index in [2.05, 4.69) is 269 Å². The van der Waals surface area contributed by atoms with E-state index in [0.717, 1.165) is 11.1 Å². The van der Waals surface area contributed by atoms with E-state index in [1.165, 1.54) is 88.3 Å². The first kappa shape index (κ1) is 39.3. The van der Waals surface area contributed by atoms with Gasteiger partial charge in [0, 0.05) is 5.41 Å². The van der Waals surface area contributed by atoms with Crippen LogP contribution in [0.4, 0.5) is 0 Å². The second-order valence-electron chi connectivity index (χ2n) is 16.9. The normalized spacial score (nSPS) is 11.3. The minimum Gasteiger partial charge on any atom is -0.0622 e. The van der Waals surface area contributed by atoms with Gasteiger partial charge in [-0.3, -0.25) is 0 Å². The van der Waals surface area contributed by atoms with Crippen molar-refractivity contribution in [3.63, 3.8) is 0 Å². The summed E-state index contributed by atoms with van der Waals surface area (Å²) >= 11 is 0. The Morgan fingerprint density at radius 3 is 1.03 bits per heavy atom. The summed E-state index contributed by atoms with van der Waals surface area (Å²) in [6.45, 7) is 4.68. The van der Waals surface area contributed by atoms with E-state index in [0.29, 0.717) is 0 Å². The van der Waals surface area contributed by atoms with Gasteiger partial charge in [-0.05, 0) is 118 Å². The van der Waals surface area contributed by atoms with Gasteiger partial charge in [-0.25, -0.2) is 0 Å². The Bertz CT molecular complexity index is 3130. The molecule has 0 fully saturated rings. The quantitative estimate of drug-likeness (QED) is 0.0954. The Morgan fingerprint density at radius 1 is 0.302 bits per heavy atom. The summed E-state index contributed by atoms with van der Waals surface area (Å²) in [7, 11) is 0. The number of hydrogen-bond acceptors (Lipinski definition) is 0. The van der Waals surface area contributed by atoms with Crippen molar-refractivity contribution in [1.29, 1.82) is 0 Å². The highest BCUT2D eigenvalue weighted by molar-refractivity contribution is 6.21. The van der Waals surface area contributed by atoms with E-state index in [4.69, 9.17) is 0 Å². The van der Waals surface area contributed by atoms with Crippen molar-refractivity contribution in [2.45, 2.75) is 19.3 Å². The maximum absolute atomic E-state index is 2.47. The van der Waals surface area contributed by atoms with E-state index in [1.54, 1.807) is 0 Å². The highest BCUT2D eigenvalue weighted by atomic mass is 14.3. The molecule has 0 aliphatic rings. The van der Waals surface area contributed by atoms with Crippen molar-refractivity contribution in [3.8, 4) is 22.3 Å². The molecule has 0 N–H and O–H groups in total. The van der Waals surface area contributed by atoms with E-state index in [1.807, 2.05) is 0 Å². The number of rotatable bonds is 10. The maximum Gasteiger partial charge on any atom is 0.0146 e. The Hall–Kier alpha value is -7.80. The molecule has 0 aromatic heterocycles. The molecular weight excluding hydrogens is 757 g/mol. The smallest absolute Gasteiger partial charge is 0.0146 e. The Labute approximate surface area is 371 Å². The molecule has 0 aliphatic carbocycles. The van der Waals surface area contributed by atoms with Crippen LogP contribution in [0.25, 0.3) is 67.1 Å². The summed E-state index contributed by atoms with van der Waals surface area (Å²) in [5.74, 6) is 0. The monoisotopic (exact) mass is 804 g/mol. The molecular formula is C63H48. The molecule has 0 aliphatic heterocycles. The molecule has 0 saturated carbocycles. The lowest BCUT2D eigenvalue weighted by atomic mass is 9.76. The fraction of sp³-hybridized carbons (Fsp3) is 0.0476. The molecule has 10 aromatic carbocycles. The minimum absolute atomic E-state index is 0.207. The first-order chi connectivity index (χ1) is 31.0. The first-order valence-electron chi connectivity index (χ1n) is 21.9. The molecule has 0 radical (unpaired) electrons. The fourth-order valence-corrected chi connectivity index (χ4v) is 9.17. The molecule has 0 heterocycles. The second kappa shape index (κ2) is 17.3. The SMILES string of the molecule is CC(C)(c1ccccc1)c1ccc2c(-c3ccc(C=C(c4ccccc4)c4ccccc4)cc3)c3ccccc3c(-c3ccc(C=C(c4ccccc4)c4ccccc4)cc3)c2c1.